The van der Waals surface area contributed by atoms with Gasteiger partial charge in [0.1, 0.15) is 5.75 Å². The van der Waals surface area contributed by atoms with Gasteiger partial charge in [-0.2, -0.15) is 0 Å². The Morgan fingerprint density at radius 2 is 1.85 bits per heavy atom. The Morgan fingerprint density at radius 3 is 2.45 bits per heavy atom. The predicted molar refractivity (Wildman–Crippen MR) is 79.3 cm³/mol. The first-order valence-corrected chi connectivity index (χ1v) is 7.79. The van der Waals surface area contributed by atoms with E-state index >= 15 is 0 Å². The Balaban J connectivity index is 2.29. The minimum Gasteiger partial charge on any atom is -0.497 e. The zero-order valence-electron chi connectivity index (χ0n) is 11.3. The van der Waals surface area contributed by atoms with Crippen LogP contribution < -0.4 is 9.46 Å². The molecule has 2 aromatic rings. The zero-order chi connectivity index (χ0) is 14.6. The minimum absolute atomic E-state index is 0.0275. The van der Waals surface area contributed by atoms with Crippen molar-refractivity contribution in [3.8, 4) is 16.9 Å². The van der Waals surface area contributed by atoms with E-state index in [1.807, 2.05) is 24.3 Å². The van der Waals surface area contributed by atoms with Crippen molar-refractivity contribution >= 4 is 15.7 Å². The lowest BCUT2D eigenvalue weighted by Crippen LogP contribution is -2.14. The fourth-order valence-electron chi connectivity index (χ4n) is 1.69. The van der Waals surface area contributed by atoms with Gasteiger partial charge in [0.2, 0.25) is 10.0 Å². The molecule has 0 atom stereocenters. The molecule has 0 saturated carbocycles. The number of benzene rings is 1. The van der Waals surface area contributed by atoms with Gasteiger partial charge in [0, 0.05) is 11.8 Å². The maximum Gasteiger partial charge on any atom is 0.232 e. The van der Waals surface area contributed by atoms with E-state index in [0.29, 0.717) is 5.69 Å². The van der Waals surface area contributed by atoms with E-state index in [1.165, 1.54) is 6.20 Å². The summed E-state index contributed by atoms with van der Waals surface area (Å²) in [6, 6.07) is 9.24. The summed E-state index contributed by atoms with van der Waals surface area (Å²) in [5.41, 5.74) is 2.24. The molecule has 0 aliphatic rings. The molecule has 6 heteroatoms. The molecule has 1 N–H and O–H groups in total. The number of rotatable bonds is 5. The number of methoxy groups -OCH3 is 1. The lowest BCUT2D eigenvalue weighted by molar-refractivity contribution is 0.415. The van der Waals surface area contributed by atoms with Gasteiger partial charge >= 0.3 is 0 Å². The van der Waals surface area contributed by atoms with E-state index in [2.05, 4.69) is 9.71 Å². The van der Waals surface area contributed by atoms with Gasteiger partial charge in [-0.05, 0) is 30.7 Å². The third kappa shape index (κ3) is 3.48. The maximum atomic E-state index is 11.5. The first-order chi connectivity index (χ1) is 9.54. The van der Waals surface area contributed by atoms with Gasteiger partial charge in [-0.25, -0.2) is 8.42 Å². The topological polar surface area (TPSA) is 68.3 Å². The number of hydrogen-bond acceptors (Lipinski definition) is 4. The van der Waals surface area contributed by atoms with Crippen molar-refractivity contribution in [3.63, 3.8) is 0 Å². The first kappa shape index (κ1) is 14.3. The fourth-order valence-corrected chi connectivity index (χ4v) is 2.30. The van der Waals surface area contributed by atoms with Crippen molar-refractivity contribution in [2.45, 2.75) is 6.92 Å². The molecule has 0 spiro atoms. The molecule has 2 rings (SSSR count). The number of hydrogen-bond donors (Lipinski definition) is 1. The summed E-state index contributed by atoms with van der Waals surface area (Å²) in [6.07, 6.45) is 3.17. The number of nitrogens with one attached hydrogen (secondary N) is 1. The molecule has 0 bridgehead atoms. The molecule has 0 radical (unpaired) electrons. The summed E-state index contributed by atoms with van der Waals surface area (Å²) in [7, 11) is -1.68. The van der Waals surface area contributed by atoms with Gasteiger partial charge in [-0.15, -0.1) is 0 Å². The molecule has 0 fully saturated rings. The molecule has 0 unspecified atom stereocenters. The van der Waals surface area contributed by atoms with Gasteiger partial charge in [0.15, 0.2) is 0 Å². The fraction of sp³-hybridized carbons (Fsp3) is 0.214. The summed E-state index contributed by atoms with van der Waals surface area (Å²) >= 11 is 0. The van der Waals surface area contributed by atoms with Crippen molar-refractivity contribution in [1.82, 2.24) is 4.98 Å². The Morgan fingerprint density at radius 1 is 1.15 bits per heavy atom. The second-order valence-corrected chi connectivity index (χ2v) is 6.21. The van der Waals surface area contributed by atoms with Gasteiger partial charge < -0.3 is 4.74 Å². The van der Waals surface area contributed by atoms with Crippen LogP contribution >= 0.6 is 0 Å². The molecule has 20 heavy (non-hydrogen) atoms. The molecule has 5 nitrogen and oxygen atoms in total. The SMILES string of the molecule is CCS(=O)(=O)Nc1cncc(-c2ccc(OC)cc2)c1. The molecule has 106 valence electrons. The molecule has 1 aromatic heterocycles. The number of sulfonamides is 1. The minimum atomic E-state index is -3.29. The van der Waals surface area contributed by atoms with Crippen LogP contribution in [0, 0.1) is 0 Å². The lowest BCUT2D eigenvalue weighted by Gasteiger charge is -2.08. The largest absolute Gasteiger partial charge is 0.497 e. The molecule has 1 heterocycles. The van der Waals surface area contributed by atoms with Gasteiger partial charge in [0.25, 0.3) is 0 Å². The summed E-state index contributed by atoms with van der Waals surface area (Å²) in [5.74, 6) is 0.796. The number of nitrogens with zero attached hydrogens (tertiary/aromatic N) is 1. The van der Waals surface area contributed by atoms with Crippen LogP contribution in [0.3, 0.4) is 0 Å². The molecule has 0 aliphatic heterocycles. The normalized spacial score (nSPS) is 11.1. The van der Waals surface area contributed by atoms with Crippen LogP contribution in [-0.2, 0) is 10.0 Å². The summed E-state index contributed by atoms with van der Waals surface area (Å²) in [4.78, 5) is 4.06. The number of pyridine rings is 1. The number of aromatic nitrogens is 1. The van der Waals surface area contributed by atoms with E-state index in [0.717, 1.165) is 16.9 Å². The van der Waals surface area contributed by atoms with Crippen LogP contribution in [0.5, 0.6) is 5.75 Å². The predicted octanol–water partition coefficient (Wildman–Crippen LogP) is 2.52. The second-order valence-electron chi connectivity index (χ2n) is 4.20. The quantitative estimate of drug-likeness (QED) is 0.919. The van der Waals surface area contributed by atoms with Gasteiger partial charge in [-0.1, -0.05) is 12.1 Å². The zero-order valence-corrected chi connectivity index (χ0v) is 12.1. The van der Waals surface area contributed by atoms with Crippen LogP contribution in [-0.4, -0.2) is 26.3 Å². The molecular weight excluding hydrogens is 276 g/mol. The highest BCUT2D eigenvalue weighted by atomic mass is 32.2. The van der Waals surface area contributed by atoms with E-state index < -0.39 is 10.0 Å². The van der Waals surface area contributed by atoms with Crippen LogP contribution in [0.1, 0.15) is 6.92 Å². The van der Waals surface area contributed by atoms with Crippen LogP contribution in [0.15, 0.2) is 42.7 Å². The molecular formula is C14H16N2O3S. The second kappa shape index (κ2) is 5.92. The Hall–Kier alpha value is -2.08. The highest BCUT2D eigenvalue weighted by molar-refractivity contribution is 7.92. The third-order valence-electron chi connectivity index (χ3n) is 2.81. The third-order valence-corrected chi connectivity index (χ3v) is 4.12. The van der Waals surface area contributed by atoms with Crippen molar-refractivity contribution in [1.29, 1.82) is 0 Å². The summed E-state index contributed by atoms with van der Waals surface area (Å²) < 4.78 is 30.7. The average Bonchev–Trinajstić information content (AvgIpc) is 2.47. The maximum absolute atomic E-state index is 11.5. The Bertz CT molecular complexity index is 682. The summed E-state index contributed by atoms with van der Waals surface area (Å²) in [6.45, 7) is 1.59. The van der Waals surface area contributed by atoms with E-state index in [1.54, 1.807) is 26.3 Å². The lowest BCUT2D eigenvalue weighted by atomic mass is 10.1. The Labute approximate surface area is 118 Å². The van der Waals surface area contributed by atoms with Crippen LogP contribution in [0.25, 0.3) is 11.1 Å². The molecule has 1 aromatic carbocycles. The average molecular weight is 292 g/mol. The highest BCUT2D eigenvalue weighted by Crippen LogP contribution is 2.24. The van der Waals surface area contributed by atoms with Crippen molar-refractivity contribution in [3.05, 3.63) is 42.7 Å². The van der Waals surface area contributed by atoms with E-state index in [4.69, 9.17) is 4.74 Å². The number of anilines is 1. The number of ether oxygens (including phenoxy) is 1. The van der Waals surface area contributed by atoms with Crippen LogP contribution in [0.2, 0.25) is 0 Å². The van der Waals surface area contributed by atoms with Crippen molar-refractivity contribution in [2.75, 3.05) is 17.6 Å². The standard InChI is InChI=1S/C14H16N2O3S/c1-3-20(17,18)16-13-8-12(9-15-10-13)11-4-6-14(19-2)7-5-11/h4-10,16H,3H2,1-2H3. The van der Waals surface area contributed by atoms with E-state index in [-0.39, 0.29) is 5.75 Å². The van der Waals surface area contributed by atoms with Crippen LogP contribution in [0.4, 0.5) is 5.69 Å². The van der Waals surface area contributed by atoms with Gasteiger partial charge in [-0.3, -0.25) is 9.71 Å². The van der Waals surface area contributed by atoms with E-state index in [9.17, 15) is 8.42 Å². The first-order valence-electron chi connectivity index (χ1n) is 6.14. The summed E-state index contributed by atoms with van der Waals surface area (Å²) in [5, 5.41) is 0. The molecule has 0 amide bonds. The monoisotopic (exact) mass is 292 g/mol. The van der Waals surface area contributed by atoms with Crippen molar-refractivity contribution < 1.29 is 13.2 Å². The molecule has 0 saturated heterocycles. The highest BCUT2D eigenvalue weighted by Gasteiger charge is 2.08. The van der Waals surface area contributed by atoms with Crippen molar-refractivity contribution in [2.24, 2.45) is 0 Å². The molecule has 0 aliphatic carbocycles. The smallest absolute Gasteiger partial charge is 0.232 e. The Kier molecular flexibility index (Phi) is 4.24. The van der Waals surface area contributed by atoms with Gasteiger partial charge in [0.05, 0.1) is 24.7 Å².